The van der Waals surface area contributed by atoms with E-state index in [1.54, 1.807) is 12.3 Å². The molecule has 0 bridgehead atoms. The molecule has 2 N–H and O–H groups in total. The van der Waals surface area contributed by atoms with Crippen LogP contribution in [0.5, 0.6) is 0 Å². The number of hydrogen-bond acceptors (Lipinski definition) is 2. The minimum atomic E-state index is -0.344. The van der Waals surface area contributed by atoms with E-state index in [4.69, 9.17) is 5.84 Å². The highest BCUT2D eigenvalue weighted by atomic mass is 19.1. The highest BCUT2D eigenvalue weighted by Crippen LogP contribution is 2.11. The third kappa shape index (κ3) is 0.832. The lowest BCUT2D eigenvalue weighted by atomic mass is 10.3. The summed E-state index contributed by atoms with van der Waals surface area (Å²) in [5.74, 6) is 5.11. The zero-order chi connectivity index (χ0) is 7.84. The maximum absolute atomic E-state index is 12.5. The molecule has 0 amide bonds. The molecule has 0 aliphatic carbocycles. The van der Waals surface area contributed by atoms with Gasteiger partial charge in [-0.25, -0.2) is 9.37 Å². The molecule has 3 nitrogen and oxygen atoms in total. The molecule has 2 aromatic heterocycles. The van der Waals surface area contributed by atoms with Gasteiger partial charge in [-0.3, -0.25) is 4.68 Å². The van der Waals surface area contributed by atoms with Gasteiger partial charge >= 0.3 is 0 Å². The van der Waals surface area contributed by atoms with Gasteiger partial charge in [0.05, 0.1) is 6.20 Å². The van der Waals surface area contributed by atoms with Crippen LogP contribution in [-0.2, 0) is 0 Å². The summed E-state index contributed by atoms with van der Waals surface area (Å²) in [7, 11) is 0. The number of nitrogens with zero attached hydrogens (tertiary/aromatic N) is 2. The van der Waals surface area contributed by atoms with Crippen molar-refractivity contribution in [3.05, 3.63) is 30.3 Å². The molecule has 0 atom stereocenters. The first kappa shape index (κ1) is 6.15. The molecule has 2 rings (SSSR count). The quantitative estimate of drug-likeness (QED) is 0.568. The van der Waals surface area contributed by atoms with Crippen molar-refractivity contribution in [1.82, 2.24) is 9.66 Å². The van der Waals surface area contributed by atoms with Crippen LogP contribution in [0.2, 0.25) is 0 Å². The molecule has 0 fully saturated rings. The molecule has 0 saturated carbocycles. The number of hydrogen-bond donors (Lipinski definition) is 1. The Balaban J connectivity index is 2.86. The third-order valence-electron chi connectivity index (χ3n) is 1.52. The molecule has 0 aromatic carbocycles. The van der Waals surface area contributed by atoms with E-state index in [-0.39, 0.29) is 5.82 Å². The van der Waals surface area contributed by atoms with E-state index < -0.39 is 0 Å². The van der Waals surface area contributed by atoms with Crippen molar-refractivity contribution >= 4 is 11.0 Å². The number of rotatable bonds is 0. The Bertz CT molecular complexity index is 393. The molecular weight excluding hydrogens is 145 g/mol. The van der Waals surface area contributed by atoms with Crippen molar-refractivity contribution in [2.75, 3.05) is 5.84 Å². The Morgan fingerprint density at radius 3 is 3.18 bits per heavy atom. The fraction of sp³-hybridized carbons (Fsp3) is 0. The summed E-state index contributed by atoms with van der Waals surface area (Å²) < 4.78 is 13.9. The Hall–Kier alpha value is -1.58. The van der Waals surface area contributed by atoms with E-state index in [0.717, 1.165) is 6.20 Å². The van der Waals surface area contributed by atoms with Gasteiger partial charge < -0.3 is 5.84 Å². The van der Waals surface area contributed by atoms with Crippen LogP contribution in [0.1, 0.15) is 0 Å². The molecule has 0 unspecified atom stereocenters. The van der Waals surface area contributed by atoms with Crippen molar-refractivity contribution < 1.29 is 4.39 Å². The molecular formula is C7H6FN3. The van der Waals surface area contributed by atoms with Crippen LogP contribution in [0, 0.1) is 5.82 Å². The summed E-state index contributed by atoms with van der Waals surface area (Å²) in [6, 6.07) is 3.11. The van der Waals surface area contributed by atoms with Gasteiger partial charge in [-0.15, -0.1) is 0 Å². The van der Waals surface area contributed by atoms with Crippen LogP contribution >= 0.6 is 0 Å². The van der Waals surface area contributed by atoms with Gasteiger partial charge in [-0.1, -0.05) is 0 Å². The summed E-state index contributed by atoms with van der Waals surface area (Å²) in [6.45, 7) is 0. The monoisotopic (exact) mass is 151 g/mol. The standard InChI is InChI=1S/C7H6FN3/c8-6-3-5-1-2-11(9)7(5)10-4-6/h1-4H,9H2. The maximum Gasteiger partial charge on any atom is 0.158 e. The van der Waals surface area contributed by atoms with E-state index >= 15 is 0 Å². The number of fused-ring (bicyclic) bond motifs is 1. The number of nitrogens with two attached hydrogens (primary N) is 1. The lowest BCUT2D eigenvalue weighted by Crippen LogP contribution is -2.06. The first-order chi connectivity index (χ1) is 5.27. The maximum atomic E-state index is 12.5. The molecule has 11 heavy (non-hydrogen) atoms. The second-order valence-corrected chi connectivity index (χ2v) is 2.29. The highest BCUT2D eigenvalue weighted by molar-refractivity contribution is 5.75. The van der Waals surface area contributed by atoms with Crippen LogP contribution in [0.4, 0.5) is 4.39 Å². The van der Waals surface area contributed by atoms with E-state index in [9.17, 15) is 4.39 Å². The Kier molecular flexibility index (Phi) is 1.09. The lowest BCUT2D eigenvalue weighted by molar-refractivity contribution is 0.624. The second kappa shape index (κ2) is 1.95. The Labute approximate surface area is 62.2 Å². The van der Waals surface area contributed by atoms with E-state index in [1.165, 1.54) is 10.7 Å². The van der Waals surface area contributed by atoms with Gasteiger partial charge in [0.25, 0.3) is 0 Å². The molecule has 0 aliphatic heterocycles. The molecule has 4 heteroatoms. The van der Waals surface area contributed by atoms with Gasteiger partial charge in [-0.2, -0.15) is 0 Å². The van der Waals surface area contributed by atoms with Crippen LogP contribution in [-0.4, -0.2) is 9.66 Å². The molecule has 2 heterocycles. The van der Waals surface area contributed by atoms with Crippen molar-refractivity contribution in [3.63, 3.8) is 0 Å². The summed E-state index contributed by atoms with van der Waals surface area (Å²) >= 11 is 0. The van der Waals surface area contributed by atoms with Gasteiger partial charge in [0, 0.05) is 11.6 Å². The third-order valence-corrected chi connectivity index (χ3v) is 1.52. The zero-order valence-electron chi connectivity index (χ0n) is 5.66. The molecule has 0 radical (unpaired) electrons. The molecule has 0 saturated heterocycles. The Morgan fingerprint density at radius 2 is 2.36 bits per heavy atom. The van der Waals surface area contributed by atoms with Crippen molar-refractivity contribution in [2.24, 2.45) is 0 Å². The van der Waals surface area contributed by atoms with Crippen LogP contribution < -0.4 is 5.84 Å². The number of halogens is 1. The van der Waals surface area contributed by atoms with Gasteiger partial charge in [0.1, 0.15) is 5.82 Å². The van der Waals surface area contributed by atoms with E-state index in [1.807, 2.05) is 0 Å². The first-order valence-corrected chi connectivity index (χ1v) is 3.15. The second-order valence-electron chi connectivity index (χ2n) is 2.29. The SMILES string of the molecule is Nn1ccc2cc(F)cnc21. The lowest BCUT2D eigenvalue weighted by Gasteiger charge is -1.93. The van der Waals surface area contributed by atoms with Crippen molar-refractivity contribution in [3.8, 4) is 0 Å². The number of nitrogen functional groups attached to an aromatic ring is 1. The van der Waals surface area contributed by atoms with Gasteiger partial charge in [-0.05, 0) is 12.1 Å². The summed E-state index contributed by atoms with van der Waals surface area (Å²) in [5.41, 5.74) is 0.589. The van der Waals surface area contributed by atoms with Gasteiger partial charge in [0.2, 0.25) is 0 Å². The largest absolute Gasteiger partial charge is 0.338 e. The van der Waals surface area contributed by atoms with E-state index in [2.05, 4.69) is 4.98 Å². The van der Waals surface area contributed by atoms with Crippen LogP contribution in [0.15, 0.2) is 24.5 Å². The smallest absolute Gasteiger partial charge is 0.158 e. The fourth-order valence-electron chi connectivity index (χ4n) is 1.02. The van der Waals surface area contributed by atoms with Crippen LogP contribution in [0.25, 0.3) is 11.0 Å². The molecule has 0 aliphatic rings. The zero-order valence-corrected chi connectivity index (χ0v) is 5.66. The van der Waals surface area contributed by atoms with Gasteiger partial charge in [0.15, 0.2) is 5.65 Å². The fourth-order valence-corrected chi connectivity index (χ4v) is 1.02. The summed E-state index contributed by atoms with van der Waals surface area (Å²) in [4.78, 5) is 3.80. The number of pyridine rings is 1. The first-order valence-electron chi connectivity index (χ1n) is 3.15. The molecule has 2 aromatic rings. The summed E-state index contributed by atoms with van der Waals surface area (Å²) in [5, 5.41) is 0.715. The predicted octanol–water partition coefficient (Wildman–Crippen LogP) is 0.889. The number of aromatic nitrogens is 2. The molecule has 56 valence electrons. The van der Waals surface area contributed by atoms with Crippen molar-refractivity contribution in [2.45, 2.75) is 0 Å². The minimum Gasteiger partial charge on any atom is -0.338 e. The predicted molar refractivity (Wildman–Crippen MR) is 39.8 cm³/mol. The molecule has 0 spiro atoms. The topological polar surface area (TPSA) is 43.8 Å². The Morgan fingerprint density at radius 1 is 1.55 bits per heavy atom. The average molecular weight is 151 g/mol. The summed E-state index contributed by atoms with van der Waals surface area (Å²) in [6.07, 6.45) is 2.78. The normalized spacial score (nSPS) is 10.6. The minimum absolute atomic E-state index is 0.344. The van der Waals surface area contributed by atoms with Crippen molar-refractivity contribution in [1.29, 1.82) is 0 Å². The highest BCUT2D eigenvalue weighted by Gasteiger charge is 1.99. The average Bonchev–Trinajstić information content (AvgIpc) is 2.32. The van der Waals surface area contributed by atoms with E-state index in [0.29, 0.717) is 11.0 Å². The van der Waals surface area contributed by atoms with Crippen LogP contribution in [0.3, 0.4) is 0 Å².